The van der Waals surface area contributed by atoms with Crippen LogP contribution in [0.2, 0.25) is 0 Å². The van der Waals surface area contributed by atoms with E-state index in [9.17, 15) is 0 Å². The van der Waals surface area contributed by atoms with E-state index in [-0.39, 0.29) is 12.2 Å². The fraction of sp³-hybridized carbons (Fsp3) is 0.526. The number of halogens is 1. The third-order valence-corrected chi connectivity index (χ3v) is 4.02. The van der Waals surface area contributed by atoms with E-state index in [0.29, 0.717) is 18.3 Å². The van der Waals surface area contributed by atoms with Gasteiger partial charge in [0.05, 0.1) is 19.6 Å². The normalized spacial score (nSPS) is 16.9. The van der Waals surface area contributed by atoms with Gasteiger partial charge in [-0.15, -0.1) is 11.6 Å². The van der Waals surface area contributed by atoms with E-state index in [1.54, 1.807) is 7.11 Å². The Morgan fingerprint density at radius 3 is 2.56 bits per heavy atom. The predicted octanol–water partition coefficient (Wildman–Crippen LogP) is 5.16. The molecule has 0 N–H and O–H groups in total. The van der Waals surface area contributed by atoms with Crippen molar-refractivity contribution in [2.45, 2.75) is 51.9 Å². The molecule has 1 fully saturated rings. The summed E-state index contributed by atoms with van der Waals surface area (Å²) in [6.45, 7) is 5.09. The lowest BCUT2D eigenvalue weighted by molar-refractivity contribution is -0.169. The van der Waals surface area contributed by atoms with Crippen LogP contribution < -0.4 is 4.74 Å². The SMILES string of the molecule is CC.COc1ccc(-c2nc(COC3CCCCO3)c(CCl)o2)cc1. The lowest BCUT2D eigenvalue weighted by atomic mass is 10.2. The molecule has 1 atom stereocenters. The Balaban J connectivity index is 0.00000109. The first-order chi connectivity index (χ1) is 12.3. The van der Waals surface area contributed by atoms with Gasteiger partial charge in [-0.1, -0.05) is 13.8 Å². The highest BCUT2D eigenvalue weighted by atomic mass is 35.5. The summed E-state index contributed by atoms with van der Waals surface area (Å²) in [5, 5.41) is 0. The van der Waals surface area contributed by atoms with E-state index in [4.69, 9.17) is 30.2 Å². The number of ether oxygens (including phenoxy) is 3. The van der Waals surface area contributed by atoms with Crippen LogP contribution in [0.5, 0.6) is 5.75 Å². The zero-order valence-electron chi connectivity index (χ0n) is 15.1. The molecule has 3 rings (SSSR count). The van der Waals surface area contributed by atoms with Crippen LogP contribution in [0.4, 0.5) is 0 Å². The van der Waals surface area contributed by atoms with Gasteiger partial charge in [-0.25, -0.2) is 4.98 Å². The van der Waals surface area contributed by atoms with Crippen LogP contribution >= 0.6 is 11.6 Å². The first-order valence-electron chi connectivity index (χ1n) is 8.72. The molecule has 5 nitrogen and oxygen atoms in total. The number of methoxy groups -OCH3 is 1. The maximum Gasteiger partial charge on any atom is 0.226 e. The Labute approximate surface area is 154 Å². The van der Waals surface area contributed by atoms with Crippen molar-refractivity contribution in [3.63, 3.8) is 0 Å². The lowest BCUT2D eigenvalue weighted by Crippen LogP contribution is -2.22. The minimum atomic E-state index is -0.159. The number of rotatable bonds is 6. The third kappa shape index (κ3) is 5.46. The average Bonchev–Trinajstić information content (AvgIpc) is 3.12. The van der Waals surface area contributed by atoms with Gasteiger partial charge in [0.2, 0.25) is 5.89 Å². The molecule has 138 valence electrons. The second kappa shape index (κ2) is 10.4. The largest absolute Gasteiger partial charge is 0.497 e. The van der Waals surface area contributed by atoms with Crippen LogP contribution in [0.15, 0.2) is 28.7 Å². The second-order valence-corrected chi connectivity index (χ2v) is 5.63. The molecule has 6 heteroatoms. The van der Waals surface area contributed by atoms with Crippen molar-refractivity contribution >= 4 is 11.6 Å². The molecular weight excluding hydrogens is 342 g/mol. The van der Waals surface area contributed by atoms with Gasteiger partial charge < -0.3 is 18.6 Å². The van der Waals surface area contributed by atoms with Crippen molar-refractivity contribution in [1.29, 1.82) is 0 Å². The molecule has 2 heterocycles. The topological polar surface area (TPSA) is 53.7 Å². The fourth-order valence-electron chi connectivity index (χ4n) is 2.47. The Bertz CT molecular complexity index is 621. The van der Waals surface area contributed by atoms with Gasteiger partial charge >= 0.3 is 0 Å². The van der Waals surface area contributed by atoms with Crippen LogP contribution in [0, 0.1) is 0 Å². The summed E-state index contributed by atoms with van der Waals surface area (Å²) >= 11 is 5.96. The van der Waals surface area contributed by atoms with Crippen molar-refractivity contribution in [3.05, 3.63) is 35.7 Å². The summed E-state index contributed by atoms with van der Waals surface area (Å²) in [6, 6.07) is 7.53. The number of benzene rings is 1. The Hall–Kier alpha value is -1.56. The van der Waals surface area contributed by atoms with Gasteiger partial charge in [0.15, 0.2) is 6.29 Å². The Morgan fingerprint density at radius 1 is 1.20 bits per heavy atom. The molecular formula is C19H26ClNO4. The molecule has 0 amide bonds. The number of hydrogen-bond donors (Lipinski definition) is 0. The van der Waals surface area contributed by atoms with Crippen LogP contribution in [-0.4, -0.2) is 25.0 Å². The van der Waals surface area contributed by atoms with Crippen LogP contribution in [-0.2, 0) is 22.0 Å². The highest BCUT2D eigenvalue weighted by Gasteiger charge is 2.18. The molecule has 1 unspecified atom stereocenters. The minimum Gasteiger partial charge on any atom is -0.497 e. The van der Waals surface area contributed by atoms with Crippen LogP contribution in [0.1, 0.15) is 44.6 Å². The summed E-state index contributed by atoms with van der Waals surface area (Å²) in [7, 11) is 1.63. The maximum absolute atomic E-state index is 5.96. The van der Waals surface area contributed by atoms with Crippen molar-refractivity contribution in [3.8, 4) is 17.2 Å². The molecule has 0 spiro atoms. The molecule has 1 aliphatic heterocycles. The number of alkyl halides is 1. The lowest BCUT2D eigenvalue weighted by Gasteiger charge is -2.22. The maximum atomic E-state index is 5.96. The molecule has 1 aromatic heterocycles. The first kappa shape index (κ1) is 19.8. The molecule has 0 aliphatic carbocycles. The van der Waals surface area contributed by atoms with E-state index in [1.165, 1.54) is 0 Å². The third-order valence-electron chi connectivity index (χ3n) is 3.78. The van der Waals surface area contributed by atoms with E-state index in [1.807, 2.05) is 38.1 Å². The Kier molecular flexibility index (Phi) is 8.25. The molecule has 2 aromatic rings. The standard InChI is InChI=1S/C17H20ClNO4.C2H6/c1-20-13-7-5-12(6-8-13)17-19-14(15(10-18)23-17)11-22-16-4-2-3-9-21-16;1-2/h5-8,16H,2-4,9-11H2,1H3;1-2H3. The van der Waals surface area contributed by atoms with Gasteiger partial charge in [-0.05, 0) is 43.5 Å². The predicted molar refractivity (Wildman–Crippen MR) is 97.8 cm³/mol. The summed E-state index contributed by atoms with van der Waals surface area (Å²) in [5.74, 6) is 2.21. The molecule has 0 radical (unpaired) electrons. The highest BCUT2D eigenvalue weighted by Crippen LogP contribution is 2.26. The van der Waals surface area contributed by atoms with E-state index >= 15 is 0 Å². The van der Waals surface area contributed by atoms with Gasteiger partial charge in [-0.2, -0.15) is 0 Å². The zero-order chi connectivity index (χ0) is 18.1. The summed E-state index contributed by atoms with van der Waals surface area (Å²) in [5.41, 5.74) is 1.59. The van der Waals surface area contributed by atoms with Gasteiger partial charge in [0.25, 0.3) is 0 Å². The van der Waals surface area contributed by atoms with Crippen molar-refractivity contribution in [2.75, 3.05) is 13.7 Å². The number of aromatic nitrogens is 1. The highest BCUT2D eigenvalue weighted by molar-refractivity contribution is 6.16. The summed E-state index contributed by atoms with van der Waals surface area (Å²) in [6.07, 6.45) is 2.98. The van der Waals surface area contributed by atoms with E-state index in [0.717, 1.165) is 42.9 Å². The van der Waals surface area contributed by atoms with Gasteiger partial charge in [0.1, 0.15) is 17.2 Å². The number of oxazole rings is 1. The van der Waals surface area contributed by atoms with Crippen molar-refractivity contribution in [2.24, 2.45) is 0 Å². The number of nitrogens with zero attached hydrogens (tertiary/aromatic N) is 1. The van der Waals surface area contributed by atoms with Gasteiger partial charge in [-0.3, -0.25) is 0 Å². The zero-order valence-corrected chi connectivity index (χ0v) is 15.8. The molecule has 1 saturated heterocycles. The number of hydrogen-bond acceptors (Lipinski definition) is 5. The molecule has 0 saturated carbocycles. The van der Waals surface area contributed by atoms with E-state index < -0.39 is 0 Å². The first-order valence-corrected chi connectivity index (χ1v) is 9.26. The van der Waals surface area contributed by atoms with Crippen molar-refractivity contribution in [1.82, 2.24) is 4.98 Å². The minimum absolute atomic E-state index is 0.159. The second-order valence-electron chi connectivity index (χ2n) is 5.36. The van der Waals surface area contributed by atoms with Crippen LogP contribution in [0.25, 0.3) is 11.5 Å². The fourth-order valence-corrected chi connectivity index (χ4v) is 2.68. The Morgan fingerprint density at radius 2 is 1.96 bits per heavy atom. The quantitative estimate of drug-likeness (QED) is 0.660. The van der Waals surface area contributed by atoms with Crippen molar-refractivity contribution < 1.29 is 18.6 Å². The summed E-state index contributed by atoms with van der Waals surface area (Å²) < 4.78 is 22.3. The monoisotopic (exact) mass is 367 g/mol. The molecule has 1 aromatic carbocycles. The van der Waals surface area contributed by atoms with Gasteiger partial charge in [0, 0.05) is 12.2 Å². The molecule has 1 aliphatic rings. The smallest absolute Gasteiger partial charge is 0.226 e. The van der Waals surface area contributed by atoms with E-state index in [2.05, 4.69) is 4.98 Å². The molecule has 0 bridgehead atoms. The molecule has 25 heavy (non-hydrogen) atoms. The summed E-state index contributed by atoms with van der Waals surface area (Å²) in [4.78, 5) is 4.52. The van der Waals surface area contributed by atoms with Crippen LogP contribution in [0.3, 0.4) is 0 Å². The average molecular weight is 368 g/mol.